The molecule has 100 valence electrons. The molecule has 0 saturated heterocycles. The molecule has 1 aliphatic carbocycles. The van der Waals surface area contributed by atoms with Crippen molar-refractivity contribution >= 4 is 5.91 Å². The van der Waals surface area contributed by atoms with E-state index >= 15 is 0 Å². The molecule has 1 aromatic heterocycles. The Morgan fingerprint density at radius 2 is 2.05 bits per heavy atom. The van der Waals surface area contributed by atoms with E-state index in [9.17, 15) is 18.0 Å². The smallest absolute Gasteiger partial charge is 0.369 e. The number of carbonyl (C=O) groups excluding carboxylic acids is 1. The number of hydrogen-bond acceptors (Lipinski definition) is 3. The van der Waals surface area contributed by atoms with Gasteiger partial charge in [-0.2, -0.15) is 23.4 Å². The molecule has 0 radical (unpaired) electrons. The van der Waals surface area contributed by atoms with Gasteiger partial charge in [-0.1, -0.05) is 24.3 Å². The second-order valence-corrected chi connectivity index (χ2v) is 4.12. The molecular weight excluding hydrogens is 259 g/mol. The van der Waals surface area contributed by atoms with Crippen LogP contribution in [-0.4, -0.2) is 22.3 Å². The number of primary amides is 1. The van der Waals surface area contributed by atoms with Crippen molar-refractivity contribution in [2.24, 2.45) is 11.7 Å². The zero-order valence-electron chi connectivity index (χ0n) is 9.63. The normalized spacial score (nSPS) is 26.4. The second-order valence-electron chi connectivity index (χ2n) is 4.12. The van der Waals surface area contributed by atoms with Crippen LogP contribution in [0.15, 0.2) is 42.8 Å². The van der Waals surface area contributed by atoms with Gasteiger partial charge in [0.05, 0.1) is 12.1 Å². The van der Waals surface area contributed by atoms with Crippen LogP contribution in [0, 0.1) is 5.92 Å². The topological polar surface area (TPSA) is 68.9 Å². The molecule has 19 heavy (non-hydrogen) atoms. The lowest BCUT2D eigenvalue weighted by Crippen LogP contribution is -2.51. The van der Waals surface area contributed by atoms with Crippen LogP contribution in [0.4, 0.5) is 13.2 Å². The fraction of sp³-hybridized carbons (Fsp3) is 0.250. The van der Waals surface area contributed by atoms with E-state index in [0.717, 1.165) is 24.5 Å². The van der Waals surface area contributed by atoms with Crippen LogP contribution in [0.5, 0.6) is 0 Å². The molecule has 2 N–H and O–H groups in total. The highest BCUT2D eigenvalue weighted by molar-refractivity contribution is 5.82. The van der Waals surface area contributed by atoms with Crippen molar-refractivity contribution in [3.63, 3.8) is 0 Å². The summed E-state index contributed by atoms with van der Waals surface area (Å²) in [5.41, 5.74) is 2.45. The summed E-state index contributed by atoms with van der Waals surface area (Å²) >= 11 is 0. The van der Waals surface area contributed by atoms with E-state index in [2.05, 4.69) is 10.2 Å². The monoisotopic (exact) mass is 269 g/mol. The predicted octanol–water partition coefficient (Wildman–Crippen LogP) is 1.50. The number of nitrogens with zero attached hydrogens (tertiary/aromatic N) is 2. The summed E-state index contributed by atoms with van der Waals surface area (Å²) in [6, 6.07) is 1.18. The van der Waals surface area contributed by atoms with Gasteiger partial charge in [0, 0.05) is 6.20 Å². The number of aromatic nitrogens is 2. The van der Waals surface area contributed by atoms with Gasteiger partial charge in [0.2, 0.25) is 5.91 Å². The molecule has 1 aromatic rings. The molecule has 1 amide bonds. The zero-order valence-corrected chi connectivity index (χ0v) is 9.63. The minimum absolute atomic E-state index is 0.167. The Bertz CT molecular complexity index is 539. The Labute approximate surface area is 106 Å². The van der Waals surface area contributed by atoms with Gasteiger partial charge in [-0.05, 0) is 11.6 Å². The highest BCUT2D eigenvalue weighted by Crippen LogP contribution is 2.49. The van der Waals surface area contributed by atoms with Gasteiger partial charge in [-0.3, -0.25) is 4.79 Å². The Hall–Kier alpha value is -2.18. The highest BCUT2D eigenvalue weighted by Gasteiger charge is 2.60. The summed E-state index contributed by atoms with van der Waals surface area (Å²) in [5.74, 6) is -2.56. The van der Waals surface area contributed by atoms with Crippen molar-refractivity contribution in [2.75, 3.05) is 0 Å². The first-order valence-electron chi connectivity index (χ1n) is 5.39. The van der Waals surface area contributed by atoms with Crippen LogP contribution in [0.1, 0.15) is 5.56 Å². The lowest BCUT2D eigenvalue weighted by atomic mass is 9.67. The minimum Gasteiger partial charge on any atom is -0.369 e. The van der Waals surface area contributed by atoms with E-state index < -0.39 is 23.4 Å². The summed E-state index contributed by atoms with van der Waals surface area (Å²) in [5, 5.41) is 6.90. The first kappa shape index (κ1) is 13.3. The summed E-state index contributed by atoms with van der Waals surface area (Å²) in [6.07, 6.45) is 2.15. The fourth-order valence-electron chi connectivity index (χ4n) is 2.20. The van der Waals surface area contributed by atoms with Crippen LogP contribution in [-0.2, 0) is 10.2 Å². The minimum atomic E-state index is -4.68. The van der Waals surface area contributed by atoms with Crippen LogP contribution in [0.2, 0.25) is 0 Å². The molecule has 0 bridgehead atoms. The van der Waals surface area contributed by atoms with Crippen molar-refractivity contribution in [1.82, 2.24) is 10.2 Å². The number of hydrogen-bond donors (Lipinski definition) is 1. The molecule has 2 unspecified atom stereocenters. The number of carbonyl (C=O) groups is 1. The fourth-order valence-corrected chi connectivity index (χ4v) is 2.20. The van der Waals surface area contributed by atoms with Gasteiger partial charge >= 0.3 is 6.18 Å². The van der Waals surface area contributed by atoms with Crippen molar-refractivity contribution in [3.8, 4) is 0 Å². The molecule has 1 aliphatic rings. The Morgan fingerprint density at radius 1 is 1.32 bits per heavy atom. The first-order chi connectivity index (χ1) is 8.89. The molecule has 1 heterocycles. The van der Waals surface area contributed by atoms with E-state index in [1.54, 1.807) is 0 Å². The molecule has 0 fully saturated rings. The van der Waals surface area contributed by atoms with Crippen LogP contribution < -0.4 is 5.73 Å². The number of amides is 1. The van der Waals surface area contributed by atoms with Crippen molar-refractivity contribution in [1.29, 1.82) is 0 Å². The summed E-state index contributed by atoms with van der Waals surface area (Å²) in [4.78, 5) is 11.4. The molecule has 4 nitrogen and oxygen atoms in total. The number of halogens is 3. The maximum Gasteiger partial charge on any atom is 0.402 e. The molecule has 2 atom stereocenters. The number of alkyl halides is 3. The van der Waals surface area contributed by atoms with Crippen LogP contribution >= 0.6 is 0 Å². The van der Waals surface area contributed by atoms with Gasteiger partial charge in [0.15, 0.2) is 0 Å². The molecule has 0 spiro atoms. The Kier molecular flexibility index (Phi) is 3.13. The second kappa shape index (κ2) is 4.49. The van der Waals surface area contributed by atoms with Gasteiger partial charge < -0.3 is 5.73 Å². The maximum absolute atomic E-state index is 13.6. The number of rotatable bonds is 2. The van der Waals surface area contributed by atoms with Crippen molar-refractivity contribution in [2.45, 2.75) is 11.6 Å². The van der Waals surface area contributed by atoms with Gasteiger partial charge in [-0.15, -0.1) is 0 Å². The Balaban J connectivity index is 2.68. The van der Waals surface area contributed by atoms with E-state index in [-0.39, 0.29) is 5.56 Å². The van der Waals surface area contributed by atoms with Crippen LogP contribution in [0.3, 0.4) is 0 Å². The Morgan fingerprint density at radius 3 is 2.58 bits per heavy atom. The van der Waals surface area contributed by atoms with E-state index in [1.165, 1.54) is 18.2 Å². The number of allylic oxidation sites excluding steroid dienone is 3. The first-order valence-corrected chi connectivity index (χ1v) is 5.39. The average Bonchev–Trinajstić information content (AvgIpc) is 2.38. The summed E-state index contributed by atoms with van der Waals surface area (Å²) in [6.45, 7) is 0. The third-order valence-electron chi connectivity index (χ3n) is 3.10. The maximum atomic E-state index is 13.6. The third-order valence-corrected chi connectivity index (χ3v) is 3.10. The van der Waals surface area contributed by atoms with E-state index in [0.29, 0.717) is 0 Å². The van der Waals surface area contributed by atoms with Crippen molar-refractivity contribution < 1.29 is 18.0 Å². The zero-order chi connectivity index (χ0) is 14.1. The van der Waals surface area contributed by atoms with E-state index in [4.69, 9.17) is 5.73 Å². The molecule has 7 heteroatoms. The molecule has 0 aromatic carbocycles. The molecule has 0 aliphatic heterocycles. The van der Waals surface area contributed by atoms with Gasteiger partial charge in [-0.25, -0.2) is 0 Å². The molecule has 2 rings (SSSR count). The number of nitrogens with two attached hydrogens (primary N) is 1. The molecule has 0 saturated carbocycles. The van der Waals surface area contributed by atoms with Gasteiger partial charge in [0.25, 0.3) is 0 Å². The van der Waals surface area contributed by atoms with Gasteiger partial charge in [0.1, 0.15) is 5.41 Å². The standard InChI is InChI=1S/C12H10F3N3O/c13-12(14,15)11(8-4-6-17-18-7-8)5-2-1-3-9(11)10(16)19/h1-7,9H,(H2,16,19). The highest BCUT2D eigenvalue weighted by atomic mass is 19.4. The SMILES string of the molecule is NC(=O)C1C=CC=CC1(c1ccnnc1)C(F)(F)F. The van der Waals surface area contributed by atoms with Crippen LogP contribution in [0.25, 0.3) is 0 Å². The largest absolute Gasteiger partial charge is 0.402 e. The lowest BCUT2D eigenvalue weighted by molar-refractivity contribution is -0.188. The predicted molar refractivity (Wildman–Crippen MR) is 60.7 cm³/mol. The molecular formula is C12H10F3N3O. The van der Waals surface area contributed by atoms with E-state index in [1.807, 2.05) is 0 Å². The van der Waals surface area contributed by atoms with Crippen molar-refractivity contribution in [3.05, 3.63) is 48.3 Å². The summed E-state index contributed by atoms with van der Waals surface area (Å²) in [7, 11) is 0. The average molecular weight is 269 g/mol. The lowest BCUT2D eigenvalue weighted by Gasteiger charge is -2.38. The quantitative estimate of drug-likeness (QED) is 0.884. The summed E-state index contributed by atoms with van der Waals surface area (Å²) < 4.78 is 40.7. The third kappa shape index (κ3) is 2.00.